The molecule has 2 rings (SSSR count). The van der Waals surface area contributed by atoms with Crippen molar-refractivity contribution in [2.75, 3.05) is 13.7 Å². The Kier molecular flexibility index (Phi) is 2.84. The molecule has 0 radical (unpaired) electrons. The van der Waals surface area contributed by atoms with Gasteiger partial charge in [0.05, 0.1) is 12.3 Å². The van der Waals surface area contributed by atoms with E-state index in [2.05, 4.69) is 20.6 Å². The van der Waals surface area contributed by atoms with Crippen LogP contribution in [0.5, 0.6) is 0 Å². The number of rotatable bonds is 4. The zero-order chi connectivity index (χ0) is 10.7. The number of tetrazole rings is 1. The first-order chi connectivity index (χ1) is 7.29. The van der Waals surface area contributed by atoms with Crippen LogP contribution in [-0.4, -0.2) is 45.0 Å². The minimum Gasteiger partial charge on any atom is -0.383 e. The van der Waals surface area contributed by atoms with Crippen molar-refractivity contribution < 1.29 is 4.74 Å². The van der Waals surface area contributed by atoms with Crippen LogP contribution in [0.15, 0.2) is 12.1 Å². The van der Waals surface area contributed by atoms with Crippen LogP contribution in [0.25, 0.3) is 5.65 Å². The number of ether oxygens (including phenoxy) is 1. The van der Waals surface area contributed by atoms with Crippen molar-refractivity contribution in [2.24, 2.45) is 5.73 Å². The summed E-state index contributed by atoms with van der Waals surface area (Å²) in [5.41, 5.74) is 7.28. The van der Waals surface area contributed by atoms with Gasteiger partial charge >= 0.3 is 0 Å². The Morgan fingerprint density at radius 3 is 3.20 bits per heavy atom. The van der Waals surface area contributed by atoms with E-state index >= 15 is 0 Å². The van der Waals surface area contributed by atoms with Crippen LogP contribution in [0.3, 0.4) is 0 Å². The molecule has 0 amide bonds. The molecule has 0 saturated carbocycles. The van der Waals surface area contributed by atoms with E-state index in [0.29, 0.717) is 18.7 Å². The molecule has 2 aromatic rings. The molecule has 0 aromatic carbocycles. The van der Waals surface area contributed by atoms with Crippen LogP contribution in [0.4, 0.5) is 0 Å². The number of hydrogen-bond acceptors (Lipinski definition) is 6. The van der Waals surface area contributed by atoms with Crippen LogP contribution in [0.2, 0.25) is 0 Å². The standard InChI is InChI=1S/C8H12N6O/c1-15-5-6(9)4-7-2-3-8-10-12-13-14(8)11-7/h2-3,6H,4-5,9H2,1H3. The lowest BCUT2D eigenvalue weighted by Gasteiger charge is -2.08. The van der Waals surface area contributed by atoms with E-state index < -0.39 is 0 Å². The Morgan fingerprint density at radius 1 is 1.53 bits per heavy atom. The largest absolute Gasteiger partial charge is 0.383 e. The number of methoxy groups -OCH3 is 1. The SMILES string of the molecule is COCC(N)Cc1ccc2nnnn2n1. The third kappa shape index (κ3) is 2.25. The second-order valence-electron chi connectivity index (χ2n) is 3.27. The molecular formula is C8H12N6O. The van der Waals surface area contributed by atoms with E-state index in [0.717, 1.165) is 5.69 Å². The van der Waals surface area contributed by atoms with Gasteiger partial charge in [-0.2, -0.15) is 5.10 Å². The molecule has 0 aliphatic rings. The maximum absolute atomic E-state index is 5.81. The van der Waals surface area contributed by atoms with Gasteiger partial charge in [-0.3, -0.25) is 0 Å². The van der Waals surface area contributed by atoms with Gasteiger partial charge in [0.1, 0.15) is 0 Å². The van der Waals surface area contributed by atoms with E-state index in [9.17, 15) is 0 Å². The number of aromatic nitrogens is 5. The maximum atomic E-state index is 5.81. The molecule has 2 heterocycles. The normalized spacial score (nSPS) is 13.2. The van der Waals surface area contributed by atoms with Crippen molar-refractivity contribution in [3.63, 3.8) is 0 Å². The van der Waals surface area contributed by atoms with Gasteiger partial charge in [0.15, 0.2) is 5.65 Å². The zero-order valence-electron chi connectivity index (χ0n) is 8.37. The Hall–Kier alpha value is -1.60. The highest BCUT2D eigenvalue weighted by molar-refractivity contribution is 5.32. The molecule has 0 saturated heterocycles. The van der Waals surface area contributed by atoms with Crippen molar-refractivity contribution in [1.29, 1.82) is 0 Å². The summed E-state index contributed by atoms with van der Waals surface area (Å²) in [6.45, 7) is 0.509. The summed E-state index contributed by atoms with van der Waals surface area (Å²) < 4.78 is 6.33. The highest BCUT2D eigenvalue weighted by Crippen LogP contribution is 2.00. The summed E-state index contributed by atoms with van der Waals surface area (Å²) in [5.74, 6) is 0. The fourth-order valence-corrected chi connectivity index (χ4v) is 1.34. The fraction of sp³-hybridized carbons (Fsp3) is 0.500. The lowest BCUT2D eigenvalue weighted by molar-refractivity contribution is 0.179. The van der Waals surface area contributed by atoms with Gasteiger partial charge in [0.25, 0.3) is 0 Å². The molecule has 0 aliphatic heterocycles. The zero-order valence-corrected chi connectivity index (χ0v) is 8.37. The Labute approximate surface area is 86.2 Å². The second kappa shape index (κ2) is 4.28. The first-order valence-corrected chi connectivity index (χ1v) is 4.58. The smallest absolute Gasteiger partial charge is 0.199 e. The van der Waals surface area contributed by atoms with Gasteiger partial charge in [0.2, 0.25) is 0 Å². The van der Waals surface area contributed by atoms with Crippen LogP contribution in [0.1, 0.15) is 5.69 Å². The Balaban J connectivity index is 2.14. The summed E-state index contributed by atoms with van der Waals surface area (Å²) in [6, 6.07) is 3.61. The molecule has 0 bridgehead atoms. The van der Waals surface area contributed by atoms with Gasteiger partial charge < -0.3 is 10.5 Å². The third-order valence-corrected chi connectivity index (χ3v) is 1.98. The van der Waals surface area contributed by atoms with Gasteiger partial charge in [-0.05, 0) is 22.6 Å². The van der Waals surface area contributed by atoms with Crippen molar-refractivity contribution in [3.8, 4) is 0 Å². The summed E-state index contributed by atoms with van der Waals surface area (Å²) >= 11 is 0. The maximum Gasteiger partial charge on any atom is 0.199 e. The van der Waals surface area contributed by atoms with Gasteiger partial charge in [-0.1, -0.05) is 0 Å². The number of nitrogens with zero attached hydrogens (tertiary/aromatic N) is 5. The molecule has 7 heteroatoms. The van der Waals surface area contributed by atoms with E-state index in [1.165, 1.54) is 4.63 Å². The lowest BCUT2D eigenvalue weighted by Crippen LogP contribution is -2.28. The molecule has 0 fully saturated rings. The number of nitrogens with two attached hydrogens (primary N) is 1. The monoisotopic (exact) mass is 208 g/mol. The van der Waals surface area contributed by atoms with Gasteiger partial charge in [-0.15, -0.1) is 9.73 Å². The van der Waals surface area contributed by atoms with Crippen molar-refractivity contribution in [1.82, 2.24) is 25.3 Å². The molecule has 0 aliphatic carbocycles. The molecule has 1 unspecified atom stereocenters. The summed E-state index contributed by atoms with van der Waals surface area (Å²) in [5, 5.41) is 15.2. The molecule has 7 nitrogen and oxygen atoms in total. The summed E-state index contributed by atoms with van der Waals surface area (Å²) in [4.78, 5) is 0. The second-order valence-corrected chi connectivity index (χ2v) is 3.27. The molecule has 1 atom stereocenters. The quantitative estimate of drug-likeness (QED) is 0.695. The van der Waals surface area contributed by atoms with Crippen LogP contribution >= 0.6 is 0 Å². The molecule has 2 N–H and O–H groups in total. The van der Waals surface area contributed by atoms with E-state index in [4.69, 9.17) is 10.5 Å². The molecule has 0 spiro atoms. The average molecular weight is 208 g/mol. The fourth-order valence-electron chi connectivity index (χ4n) is 1.34. The average Bonchev–Trinajstić information content (AvgIpc) is 2.65. The molecule has 2 aromatic heterocycles. The van der Waals surface area contributed by atoms with Crippen molar-refractivity contribution in [2.45, 2.75) is 12.5 Å². The van der Waals surface area contributed by atoms with E-state index in [-0.39, 0.29) is 6.04 Å². The summed E-state index contributed by atoms with van der Waals surface area (Å²) in [7, 11) is 1.62. The predicted molar refractivity (Wildman–Crippen MR) is 52.1 cm³/mol. The van der Waals surface area contributed by atoms with E-state index in [1.807, 2.05) is 12.1 Å². The summed E-state index contributed by atoms with van der Waals surface area (Å²) in [6.07, 6.45) is 0.643. The predicted octanol–water partition coefficient (Wildman–Crippen LogP) is -0.964. The molecule has 15 heavy (non-hydrogen) atoms. The van der Waals surface area contributed by atoms with Gasteiger partial charge in [0, 0.05) is 19.6 Å². The van der Waals surface area contributed by atoms with E-state index in [1.54, 1.807) is 7.11 Å². The lowest BCUT2D eigenvalue weighted by atomic mass is 10.2. The third-order valence-electron chi connectivity index (χ3n) is 1.98. The van der Waals surface area contributed by atoms with Crippen LogP contribution in [0, 0.1) is 0 Å². The minimum atomic E-state index is -0.0589. The topological polar surface area (TPSA) is 91.2 Å². The number of fused-ring (bicyclic) bond motifs is 1. The Bertz CT molecular complexity index is 441. The van der Waals surface area contributed by atoms with Crippen molar-refractivity contribution >= 4 is 5.65 Å². The minimum absolute atomic E-state index is 0.0589. The highest BCUT2D eigenvalue weighted by atomic mass is 16.5. The first-order valence-electron chi connectivity index (χ1n) is 4.58. The van der Waals surface area contributed by atoms with Crippen LogP contribution in [-0.2, 0) is 11.2 Å². The molecular weight excluding hydrogens is 196 g/mol. The number of hydrogen-bond donors (Lipinski definition) is 1. The van der Waals surface area contributed by atoms with Crippen molar-refractivity contribution in [3.05, 3.63) is 17.8 Å². The molecule has 80 valence electrons. The van der Waals surface area contributed by atoms with Gasteiger partial charge in [-0.25, -0.2) is 0 Å². The highest BCUT2D eigenvalue weighted by Gasteiger charge is 2.06. The van der Waals surface area contributed by atoms with Crippen LogP contribution < -0.4 is 5.73 Å². The first kappa shape index (κ1) is 9.94. The Morgan fingerprint density at radius 2 is 2.40 bits per heavy atom.